The van der Waals surface area contributed by atoms with Gasteiger partial charge < -0.3 is 9.84 Å². The highest BCUT2D eigenvalue weighted by Crippen LogP contribution is 2.17. The van der Waals surface area contributed by atoms with E-state index in [9.17, 15) is 4.79 Å². The maximum atomic E-state index is 11.2. The quantitative estimate of drug-likeness (QED) is 0.777. The summed E-state index contributed by atoms with van der Waals surface area (Å²) in [6, 6.07) is 7.16. The van der Waals surface area contributed by atoms with Gasteiger partial charge in [-0.1, -0.05) is 44.9 Å². The number of carboxylic acid groups (broad SMARTS) is 1. The summed E-state index contributed by atoms with van der Waals surface area (Å²) in [5, 5.41) is 9.16. The van der Waals surface area contributed by atoms with Crippen LogP contribution < -0.4 is 0 Å². The molecule has 0 amide bonds. The van der Waals surface area contributed by atoms with Crippen LogP contribution in [0.2, 0.25) is 0 Å². The largest absolute Gasteiger partial charge is 0.478 e. The monoisotopic (exact) mass is 264 g/mol. The maximum Gasteiger partial charge on any atom is 0.335 e. The number of carbonyl (C=O) groups is 1. The predicted octanol–water partition coefficient (Wildman–Crippen LogP) is 3.77. The Morgan fingerprint density at radius 3 is 2.53 bits per heavy atom. The van der Waals surface area contributed by atoms with Crippen LogP contribution in [-0.4, -0.2) is 24.3 Å². The fourth-order valence-corrected chi connectivity index (χ4v) is 2.21. The molecule has 0 spiro atoms. The standard InChI is InChI=1S/C16H24O3/c1-12(2)7-6-9-14(19-3)11-13-8-4-5-10-15(13)16(17)18/h4-5,8,10,12,14H,6-7,9,11H2,1-3H3,(H,17,18). The van der Waals surface area contributed by atoms with Gasteiger partial charge in [0.25, 0.3) is 0 Å². The number of ether oxygens (including phenoxy) is 1. The Kier molecular flexibility index (Phi) is 6.57. The molecule has 19 heavy (non-hydrogen) atoms. The van der Waals surface area contributed by atoms with Crippen LogP contribution in [0.25, 0.3) is 0 Å². The lowest BCUT2D eigenvalue weighted by atomic mass is 9.97. The second kappa shape index (κ2) is 7.95. The third kappa shape index (κ3) is 5.43. The Bertz CT molecular complexity index is 399. The summed E-state index contributed by atoms with van der Waals surface area (Å²) in [7, 11) is 1.70. The molecular weight excluding hydrogens is 240 g/mol. The highest BCUT2D eigenvalue weighted by atomic mass is 16.5. The number of aromatic carboxylic acids is 1. The smallest absolute Gasteiger partial charge is 0.335 e. The first-order chi connectivity index (χ1) is 9.04. The van der Waals surface area contributed by atoms with Crippen molar-refractivity contribution in [3.8, 4) is 0 Å². The van der Waals surface area contributed by atoms with Gasteiger partial charge in [-0.2, -0.15) is 0 Å². The predicted molar refractivity (Wildman–Crippen MR) is 76.6 cm³/mol. The minimum Gasteiger partial charge on any atom is -0.478 e. The van der Waals surface area contributed by atoms with Crippen LogP contribution in [0, 0.1) is 5.92 Å². The van der Waals surface area contributed by atoms with Gasteiger partial charge in [0.2, 0.25) is 0 Å². The number of rotatable bonds is 8. The Hall–Kier alpha value is -1.35. The highest BCUT2D eigenvalue weighted by molar-refractivity contribution is 5.89. The van der Waals surface area contributed by atoms with Crippen molar-refractivity contribution in [2.24, 2.45) is 5.92 Å². The molecule has 0 heterocycles. The van der Waals surface area contributed by atoms with Gasteiger partial charge in [-0.3, -0.25) is 0 Å². The van der Waals surface area contributed by atoms with E-state index in [2.05, 4.69) is 13.8 Å². The SMILES string of the molecule is COC(CCCC(C)C)Cc1ccccc1C(=O)O. The van der Waals surface area contributed by atoms with Gasteiger partial charge in [0, 0.05) is 7.11 Å². The average Bonchev–Trinajstić information content (AvgIpc) is 2.37. The minimum atomic E-state index is -0.868. The zero-order valence-corrected chi connectivity index (χ0v) is 12.1. The lowest BCUT2D eigenvalue weighted by molar-refractivity contribution is 0.0691. The van der Waals surface area contributed by atoms with E-state index in [0.717, 1.165) is 18.4 Å². The topological polar surface area (TPSA) is 46.5 Å². The Morgan fingerprint density at radius 2 is 1.95 bits per heavy atom. The van der Waals surface area contributed by atoms with E-state index in [4.69, 9.17) is 9.84 Å². The molecule has 106 valence electrons. The van der Waals surface area contributed by atoms with E-state index in [1.807, 2.05) is 12.1 Å². The summed E-state index contributed by atoms with van der Waals surface area (Å²) >= 11 is 0. The summed E-state index contributed by atoms with van der Waals surface area (Å²) in [5.74, 6) is -0.170. The second-order valence-corrected chi connectivity index (χ2v) is 5.35. The molecule has 1 rings (SSSR count). The van der Waals surface area contributed by atoms with Crippen molar-refractivity contribution < 1.29 is 14.6 Å². The third-order valence-electron chi connectivity index (χ3n) is 3.34. The molecule has 3 heteroatoms. The molecule has 0 fully saturated rings. The lowest BCUT2D eigenvalue weighted by Crippen LogP contribution is -2.16. The van der Waals surface area contributed by atoms with Crippen LogP contribution in [-0.2, 0) is 11.2 Å². The molecule has 1 aromatic carbocycles. The van der Waals surface area contributed by atoms with Crippen LogP contribution in [0.15, 0.2) is 24.3 Å². The van der Waals surface area contributed by atoms with E-state index in [-0.39, 0.29) is 6.10 Å². The number of hydrogen-bond donors (Lipinski definition) is 1. The molecule has 0 radical (unpaired) electrons. The molecule has 0 aliphatic rings. The van der Waals surface area contributed by atoms with Crippen LogP contribution >= 0.6 is 0 Å². The van der Waals surface area contributed by atoms with E-state index in [0.29, 0.717) is 17.9 Å². The molecule has 0 aliphatic carbocycles. The molecule has 0 bridgehead atoms. The van der Waals surface area contributed by atoms with Gasteiger partial charge in [0.05, 0.1) is 11.7 Å². The van der Waals surface area contributed by atoms with Crippen LogP contribution in [0.5, 0.6) is 0 Å². The molecule has 0 aromatic heterocycles. The zero-order valence-electron chi connectivity index (χ0n) is 12.1. The zero-order chi connectivity index (χ0) is 14.3. The van der Waals surface area contributed by atoms with Crippen LogP contribution in [0.3, 0.4) is 0 Å². The first-order valence-corrected chi connectivity index (χ1v) is 6.88. The normalized spacial score (nSPS) is 12.6. The van der Waals surface area contributed by atoms with Crippen molar-refractivity contribution in [3.05, 3.63) is 35.4 Å². The van der Waals surface area contributed by atoms with Crippen molar-refractivity contribution in [2.75, 3.05) is 7.11 Å². The lowest BCUT2D eigenvalue weighted by Gasteiger charge is -2.17. The Labute approximate surface area is 115 Å². The number of methoxy groups -OCH3 is 1. The van der Waals surface area contributed by atoms with Gasteiger partial charge in [-0.05, 0) is 30.4 Å². The first-order valence-electron chi connectivity index (χ1n) is 6.88. The number of benzene rings is 1. The van der Waals surface area contributed by atoms with E-state index < -0.39 is 5.97 Å². The van der Waals surface area contributed by atoms with E-state index >= 15 is 0 Å². The van der Waals surface area contributed by atoms with Crippen molar-refractivity contribution in [2.45, 2.75) is 45.6 Å². The van der Waals surface area contributed by atoms with Gasteiger partial charge in [-0.25, -0.2) is 4.79 Å². The molecule has 3 nitrogen and oxygen atoms in total. The number of hydrogen-bond acceptors (Lipinski definition) is 2. The number of carboxylic acids is 1. The molecular formula is C16H24O3. The van der Waals surface area contributed by atoms with Gasteiger partial charge >= 0.3 is 5.97 Å². The summed E-state index contributed by atoms with van der Waals surface area (Å²) in [6.45, 7) is 4.42. The third-order valence-corrected chi connectivity index (χ3v) is 3.34. The van der Waals surface area contributed by atoms with Gasteiger partial charge in [0.1, 0.15) is 0 Å². The van der Waals surface area contributed by atoms with Crippen LogP contribution in [0.4, 0.5) is 0 Å². The van der Waals surface area contributed by atoms with Crippen molar-refractivity contribution >= 4 is 5.97 Å². The molecule has 1 unspecified atom stereocenters. The molecule has 1 aromatic rings. The summed E-state index contributed by atoms with van der Waals surface area (Å²) in [4.78, 5) is 11.2. The summed E-state index contributed by atoms with van der Waals surface area (Å²) < 4.78 is 5.48. The van der Waals surface area contributed by atoms with Gasteiger partial charge in [-0.15, -0.1) is 0 Å². The van der Waals surface area contributed by atoms with Crippen molar-refractivity contribution in [1.29, 1.82) is 0 Å². The molecule has 1 atom stereocenters. The molecule has 0 aliphatic heterocycles. The molecule has 1 N–H and O–H groups in total. The second-order valence-electron chi connectivity index (χ2n) is 5.35. The Balaban J connectivity index is 2.62. The van der Waals surface area contributed by atoms with E-state index in [1.165, 1.54) is 6.42 Å². The fraction of sp³-hybridized carbons (Fsp3) is 0.562. The van der Waals surface area contributed by atoms with Crippen molar-refractivity contribution in [3.63, 3.8) is 0 Å². The average molecular weight is 264 g/mol. The molecule has 0 saturated carbocycles. The van der Waals surface area contributed by atoms with Gasteiger partial charge in [0.15, 0.2) is 0 Å². The van der Waals surface area contributed by atoms with E-state index in [1.54, 1.807) is 19.2 Å². The molecule has 0 saturated heterocycles. The summed E-state index contributed by atoms with van der Waals surface area (Å²) in [6.07, 6.45) is 4.03. The first kappa shape index (κ1) is 15.7. The highest BCUT2D eigenvalue weighted by Gasteiger charge is 2.14. The summed E-state index contributed by atoms with van der Waals surface area (Å²) in [5.41, 5.74) is 1.24. The fourth-order valence-electron chi connectivity index (χ4n) is 2.21. The van der Waals surface area contributed by atoms with Crippen molar-refractivity contribution in [1.82, 2.24) is 0 Å². The minimum absolute atomic E-state index is 0.0965. The maximum absolute atomic E-state index is 11.2. The van der Waals surface area contributed by atoms with Crippen LogP contribution in [0.1, 0.15) is 49.0 Å². The Morgan fingerprint density at radius 1 is 1.26 bits per heavy atom.